The first-order valence-electron chi connectivity index (χ1n) is 6.03. The van der Waals surface area contributed by atoms with Gasteiger partial charge in [-0.2, -0.15) is 0 Å². The van der Waals surface area contributed by atoms with Gasteiger partial charge in [0.15, 0.2) is 6.04 Å². The summed E-state index contributed by atoms with van der Waals surface area (Å²) in [7, 11) is 0. The fraction of sp³-hybridized carbons (Fsp3) is 0.583. The summed E-state index contributed by atoms with van der Waals surface area (Å²) in [6, 6.07) is -0.591. The number of carboxylic acid groups (broad SMARTS) is 1. The van der Waals surface area contributed by atoms with E-state index in [-0.39, 0.29) is 6.04 Å². The van der Waals surface area contributed by atoms with Crippen molar-refractivity contribution in [3.63, 3.8) is 0 Å². The molecule has 90 valence electrons. The molecule has 3 heterocycles. The van der Waals surface area contributed by atoms with Gasteiger partial charge in [0.25, 0.3) is 0 Å². The molecule has 0 bridgehead atoms. The predicted molar refractivity (Wildman–Crippen MR) is 64.4 cm³/mol. The number of carbonyl (C=O) groups is 1. The summed E-state index contributed by atoms with van der Waals surface area (Å²) >= 11 is 0. The Morgan fingerprint density at radius 2 is 2.35 bits per heavy atom. The monoisotopic (exact) mass is 233 g/mol. The van der Waals surface area contributed by atoms with Gasteiger partial charge >= 0.3 is 5.97 Å². The summed E-state index contributed by atoms with van der Waals surface area (Å²) in [6.45, 7) is 0.799. The molecular formula is C12H15N3O2. The molecule has 0 spiro atoms. The number of aliphatic carboxylic acids is 1. The largest absolute Gasteiger partial charge is 0.480 e. The molecule has 0 radical (unpaired) electrons. The standard InChI is InChI=1S/C12H15N3O2/c16-12(17)11-10-3-1-2-8-6-13-5-4-9(8)15(10)7-14-11/h6-7,10-11H,1-5H2,(H,16,17). The van der Waals surface area contributed by atoms with Crippen molar-refractivity contribution >= 4 is 18.5 Å². The van der Waals surface area contributed by atoms with Crippen LogP contribution < -0.4 is 0 Å². The Kier molecular flexibility index (Phi) is 2.46. The van der Waals surface area contributed by atoms with Gasteiger partial charge in [0.2, 0.25) is 0 Å². The zero-order chi connectivity index (χ0) is 11.8. The zero-order valence-electron chi connectivity index (χ0n) is 9.54. The first-order valence-corrected chi connectivity index (χ1v) is 6.03. The molecule has 3 rings (SSSR count). The number of carboxylic acids is 1. The van der Waals surface area contributed by atoms with Crippen LogP contribution in [0, 0.1) is 0 Å². The number of hydrogen-bond donors (Lipinski definition) is 1. The van der Waals surface area contributed by atoms with Gasteiger partial charge in [-0.15, -0.1) is 0 Å². The number of nitrogens with zero attached hydrogens (tertiary/aromatic N) is 3. The number of allylic oxidation sites excluding steroid dienone is 1. The summed E-state index contributed by atoms with van der Waals surface area (Å²) < 4.78 is 0. The maximum atomic E-state index is 11.1. The van der Waals surface area contributed by atoms with Crippen LogP contribution in [-0.2, 0) is 4.79 Å². The third-order valence-corrected chi connectivity index (χ3v) is 3.68. The van der Waals surface area contributed by atoms with Crippen LogP contribution in [-0.4, -0.2) is 47.2 Å². The molecular weight excluding hydrogens is 218 g/mol. The van der Waals surface area contributed by atoms with E-state index in [1.807, 2.05) is 6.21 Å². The van der Waals surface area contributed by atoms with E-state index >= 15 is 0 Å². The minimum Gasteiger partial charge on any atom is -0.480 e. The van der Waals surface area contributed by atoms with E-state index < -0.39 is 12.0 Å². The molecule has 5 nitrogen and oxygen atoms in total. The molecule has 0 aromatic rings. The second kappa shape index (κ2) is 3.98. The summed E-state index contributed by atoms with van der Waals surface area (Å²) in [4.78, 5) is 21.7. The van der Waals surface area contributed by atoms with E-state index in [2.05, 4.69) is 14.9 Å². The molecule has 2 atom stereocenters. The number of dihydropyridines is 1. The van der Waals surface area contributed by atoms with Crippen molar-refractivity contribution in [2.45, 2.75) is 37.8 Å². The number of hydrogen-bond acceptors (Lipinski definition) is 4. The van der Waals surface area contributed by atoms with Gasteiger partial charge in [0, 0.05) is 24.9 Å². The van der Waals surface area contributed by atoms with Crippen molar-refractivity contribution in [3.05, 3.63) is 11.3 Å². The van der Waals surface area contributed by atoms with Crippen LogP contribution in [0.4, 0.5) is 0 Å². The molecule has 17 heavy (non-hydrogen) atoms. The maximum Gasteiger partial charge on any atom is 0.330 e. The fourth-order valence-corrected chi connectivity index (χ4v) is 2.86. The highest BCUT2D eigenvalue weighted by Gasteiger charge is 2.39. The van der Waals surface area contributed by atoms with E-state index in [1.54, 1.807) is 6.34 Å². The molecule has 0 saturated carbocycles. The van der Waals surface area contributed by atoms with Gasteiger partial charge in [0.05, 0.1) is 12.4 Å². The van der Waals surface area contributed by atoms with Gasteiger partial charge in [-0.3, -0.25) is 9.98 Å². The predicted octanol–water partition coefficient (Wildman–Crippen LogP) is 1.06. The van der Waals surface area contributed by atoms with Crippen molar-refractivity contribution < 1.29 is 9.90 Å². The van der Waals surface area contributed by atoms with E-state index in [0.717, 1.165) is 32.2 Å². The lowest BCUT2D eigenvalue weighted by atomic mass is 10.0. The van der Waals surface area contributed by atoms with Gasteiger partial charge < -0.3 is 10.0 Å². The highest BCUT2D eigenvalue weighted by molar-refractivity contribution is 5.84. The molecule has 0 aliphatic carbocycles. The Bertz CT molecular complexity index is 439. The molecule has 3 aliphatic rings. The van der Waals surface area contributed by atoms with E-state index in [0.29, 0.717) is 0 Å². The van der Waals surface area contributed by atoms with Crippen LogP contribution in [0.25, 0.3) is 0 Å². The number of rotatable bonds is 1. The van der Waals surface area contributed by atoms with Crippen molar-refractivity contribution in [2.24, 2.45) is 9.98 Å². The summed E-state index contributed by atoms with van der Waals surface area (Å²) in [5.74, 6) is -0.817. The van der Waals surface area contributed by atoms with Crippen molar-refractivity contribution in [2.75, 3.05) is 6.54 Å². The molecule has 0 aromatic heterocycles. The molecule has 0 fully saturated rings. The van der Waals surface area contributed by atoms with Gasteiger partial charge in [0.1, 0.15) is 0 Å². The van der Waals surface area contributed by atoms with E-state index in [1.165, 1.54) is 11.3 Å². The molecule has 5 heteroatoms. The Morgan fingerprint density at radius 3 is 3.18 bits per heavy atom. The number of aliphatic imine (C=N–C) groups is 2. The number of fused-ring (bicyclic) bond motifs is 2. The fourth-order valence-electron chi connectivity index (χ4n) is 2.86. The molecule has 0 amide bonds. The lowest BCUT2D eigenvalue weighted by Gasteiger charge is -2.28. The van der Waals surface area contributed by atoms with Crippen LogP contribution >= 0.6 is 0 Å². The minimum absolute atomic E-state index is 0.00602. The second-order valence-corrected chi connectivity index (χ2v) is 4.67. The highest BCUT2D eigenvalue weighted by Crippen LogP contribution is 2.32. The van der Waals surface area contributed by atoms with Crippen LogP contribution in [0.5, 0.6) is 0 Å². The topological polar surface area (TPSA) is 65.3 Å². The van der Waals surface area contributed by atoms with Crippen LogP contribution in [0.3, 0.4) is 0 Å². The van der Waals surface area contributed by atoms with Gasteiger partial charge in [-0.05, 0) is 24.8 Å². The average Bonchev–Trinajstić information content (AvgIpc) is 2.66. The SMILES string of the molecule is O=C(O)C1N=CN2C3=C(C=NCC3)CCCC12. The lowest BCUT2D eigenvalue weighted by Crippen LogP contribution is -2.39. The Labute approximate surface area is 99.6 Å². The normalized spacial score (nSPS) is 31.2. The third-order valence-electron chi connectivity index (χ3n) is 3.68. The molecule has 3 aliphatic heterocycles. The van der Waals surface area contributed by atoms with Crippen molar-refractivity contribution in [3.8, 4) is 0 Å². The van der Waals surface area contributed by atoms with Crippen molar-refractivity contribution in [1.82, 2.24) is 4.90 Å². The van der Waals surface area contributed by atoms with Crippen LogP contribution in [0.1, 0.15) is 25.7 Å². The molecule has 2 unspecified atom stereocenters. The summed E-state index contributed by atoms with van der Waals surface area (Å²) in [5, 5.41) is 9.16. The van der Waals surface area contributed by atoms with Crippen molar-refractivity contribution in [1.29, 1.82) is 0 Å². The Balaban J connectivity index is 1.95. The van der Waals surface area contributed by atoms with Crippen LogP contribution in [0.2, 0.25) is 0 Å². The second-order valence-electron chi connectivity index (χ2n) is 4.67. The molecule has 1 N–H and O–H groups in total. The van der Waals surface area contributed by atoms with Gasteiger partial charge in [-0.1, -0.05) is 0 Å². The highest BCUT2D eigenvalue weighted by atomic mass is 16.4. The quantitative estimate of drug-likeness (QED) is 0.736. The first kappa shape index (κ1) is 10.5. The average molecular weight is 233 g/mol. The summed E-state index contributed by atoms with van der Waals surface area (Å²) in [5.41, 5.74) is 2.49. The Morgan fingerprint density at radius 1 is 1.47 bits per heavy atom. The smallest absolute Gasteiger partial charge is 0.330 e. The summed E-state index contributed by atoms with van der Waals surface area (Å²) in [6.07, 6.45) is 7.47. The molecule has 0 saturated heterocycles. The van der Waals surface area contributed by atoms with Gasteiger partial charge in [-0.25, -0.2) is 4.79 Å². The first-order chi connectivity index (χ1) is 8.27. The van der Waals surface area contributed by atoms with Crippen LogP contribution in [0.15, 0.2) is 21.3 Å². The molecule has 0 aromatic carbocycles. The lowest BCUT2D eigenvalue weighted by molar-refractivity contribution is -0.139. The van der Waals surface area contributed by atoms with E-state index in [9.17, 15) is 4.79 Å². The van der Waals surface area contributed by atoms with E-state index in [4.69, 9.17) is 5.11 Å². The Hall–Kier alpha value is -1.65. The zero-order valence-corrected chi connectivity index (χ0v) is 9.54. The third kappa shape index (κ3) is 1.66. The minimum atomic E-state index is -0.817. The maximum absolute atomic E-state index is 11.1.